The molecule has 1 fully saturated rings. The summed E-state index contributed by atoms with van der Waals surface area (Å²) >= 11 is 3.51. The molecule has 1 aliphatic rings. The molecule has 0 aromatic heterocycles. The van der Waals surface area contributed by atoms with Gasteiger partial charge in [-0.2, -0.15) is 0 Å². The second kappa shape index (κ2) is 6.07. The van der Waals surface area contributed by atoms with Crippen LogP contribution in [-0.2, 0) is 0 Å². The van der Waals surface area contributed by atoms with Crippen LogP contribution in [0.5, 0.6) is 5.75 Å². The van der Waals surface area contributed by atoms with Gasteiger partial charge < -0.3 is 10.1 Å². The lowest BCUT2D eigenvalue weighted by Gasteiger charge is -2.23. The molecular formula is C15H22BrNO. The molecule has 0 heterocycles. The van der Waals surface area contributed by atoms with Crippen molar-refractivity contribution in [3.05, 3.63) is 28.2 Å². The summed E-state index contributed by atoms with van der Waals surface area (Å²) in [4.78, 5) is 0. The quantitative estimate of drug-likeness (QED) is 0.860. The molecule has 0 amide bonds. The number of rotatable bonds is 6. The van der Waals surface area contributed by atoms with Gasteiger partial charge in [0.05, 0.1) is 0 Å². The van der Waals surface area contributed by atoms with Crippen molar-refractivity contribution >= 4 is 15.9 Å². The third-order valence-corrected chi connectivity index (χ3v) is 4.24. The maximum absolute atomic E-state index is 6.11. The molecule has 0 radical (unpaired) electrons. The molecule has 1 unspecified atom stereocenters. The Labute approximate surface area is 118 Å². The molecule has 3 heteroatoms. The predicted octanol–water partition coefficient (Wildman–Crippen LogP) is 3.91. The summed E-state index contributed by atoms with van der Waals surface area (Å²) in [6.45, 7) is 7.46. The van der Waals surface area contributed by atoms with E-state index in [-0.39, 0.29) is 6.10 Å². The lowest BCUT2D eigenvalue weighted by molar-refractivity contribution is 0.148. The van der Waals surface area contributed by atoms with Crippen molar-refractivity contribution in [1.29, 1.82) is 0 Å². The van der Waals surface area contributed by atoms with Crippen LogP contribution in [-0.4, -0.2) is 18.7 Å². The number of nitrogens with one attached hydrogen (secondary N) is 1. The number of benzene rings is 1. The van der Waals surface area contributed by atoms with Crippen LogP contribution >= 0.6 is 15.9 Å². The molecule has 1 aromatic carbocycles. The minimum absolute atomic E-state index is 0.242. The molecular weight excluding hydrogens is 290 g/mol. The second-order valence-corrected chi connectivity index (χ2v) is 6.35. The van der Waals surface area contributed by atoms with Crippen molar-refractivity contribution in [3.8, 4) is 5.75 Å². The summed E-state index contributed by atoms with van der Waals surface area (Å²) < 4.78 is 7.24. The Balaban J connectivity index is 1.95. The van der Waals surface area contributed by atoms with Gasteiger partial charge in [-0.25, -0.2) is 0 Å². The molecule has 1 saturated carbocycles. The van der Waals surface area contributed by atoms with Crippen LogP contribution in [0.3, 0.4) is 0 Å². The number of aryl methyl sites for hydroxylation is 1. The highest BCUT2D eigenvalue weighted by atomic mass is 79.9. The first-order valence-corrected chi connectivity index (χ1v) is 7.51. The van der Waals surface area contributed by atoms with E-state index in [4.69, 9.17) is 4.74 Å². The lowest BCUT2D eigenvalue weighted by Crippen LogP contribution is -2.36. The molecule has 2 rings (SSSR count). The number of hydrogen-bond acceptors (Lipinski definition) is 2. The Kier molecular flexibility index (Phi) is 4.68. The molecule has 18 heavy (non-hydrogen) atoms. The van der Waals surface area contributed by atoms with E-state index in [1.54, 1.807) is 0 Å². The normalized spacial score (nSPS) is 16.9. The topological polar surface area (TPSA) is 21.3 Å². The molecule has 2 nitrogen and oxygen atoms in total. The number of ether oxygens (including phenoxy) is 1. The van der Waals surface area contributed by atoms with E-state index in [0.29, 0.717) is 5.92 Å². The van der Waals surface area contributed by atoms with E-state index < -0.39 is 0 Å². The predicted molar refractivity (Wildman–Crippen MR) is 79.2 cm³/mol. The number of hydrogen-bond donors (Lipinski definition) is 1. The highest BCUT2D eigenvalue weighted by Crippen LogP contribution is 2.24. The zero-order valence-electron chi connectivity index (χ0n) is 11.4. The van der Waals surface area contributed by atoms with Gasteiger partial charge in [-0.1, -0.05) is 29.8 Å². The first-order valence-electron chi connectivity index (χ1n) is 6.72. The fraction of sp³-hybridized carbons (Fsp3) is 0.600. The highest BCUT2D eigenvalue weighted by Gasteiger charge is 2.23. The van der Waals surface area contributed by atoms with Gasteiger partial charge in [-0.15, -0.1) is 0 Å². The van der Waals surface area contributed by atoms with Gasteiger partial charge in [0.15, 0.2) is 0 Å². The highest BCUT2D eigenvalue weighted by molar-refractivity contribution is 9.10. The summed E-state index contributed by atoms with van der Waals surface area (Å²) in [7, 11) is 0. The zero-order chi connectivity index (χ0) is 13.1. The van der Waals surface area contributed by atoms with Crippen molar-refractivity contribution in [2.75, 3.05) is 6.54 Å². The van der Waals surface area contributed by atoms with Crippen molar-refractivity contribution in [2.24, 2.45) is 5.92 Å². The molecule has 1 N–H and O–H groups in total. The van der Waals surface area contributed by atoms with E-state index in [1.807, 2.05) is 6.07 Å². The summed E-state index contributed by atoms with van der Waals surface area (Å²) in [5.74, 6) is 1.48. The van der Waals surface area contributed by atoms with E-state index in [0.717, 1.165) is 22.8 Å². The Morgan fingerprint density at radius 1 is 1.39 bits per heavy atom. The minimum atomic E-state index is 0.242. The molecule has 0 bridgehead atoms. The summed E-state index contributed by atoms with van der Waals surface area (Å²) in [5.41, 5.74) is 1.21. The van der Waals surface area contributed by atoms with E-state index in [9.17, 15) is 0 Å². The van der Waals surface area contributed by atoms with Crippen molar-refractivity contribution in [1.82, 2.24) is 5.32 Å². The molecule has 1 aliphatic carbocycles. The van der Waals surface area contributed by atoms with Gasteiger partial charge >= 0.3 is 0 Å². The average molecular weight is 312 g/mol. The molecule has 0 saturated heterocycles. The largest absolute Gasteiger partial charge is 0.489 e. The molecule has 0 spiro atoms. The van der Waals surface area contributed by atoms with Gasteiger partial charge in [-0.05, 0) is 49.4 Å². The van der Waals surface area contributed by atoms with Crippen LogP contribution in [0.4, 0.5) is 0 Å². The van der Waals surface area contributed by atoms with E-state index >= 15 is 0 Å². The Morgan fingerprint density at radius 2 is 2.11 bits per heavy atom. The summed E-state index contributed by atoms with van der Waals surface area (Å²) in [5, 5.41) is 3.55. The molecule has 1 atom stereocenters. The maximum Gasteiger partial charge on any atom is 0.120 e. The van der Waals surface area contributed by atoms with Gasteiger partial charge in [0.2, 0.25) is 0 Å². The second-order valence-electron chi connectivity index (χ2n) is 5.49. The van der Waals surface area contributed by atoms with Gasteiger partial charge in [0.1, 0.15) is 11.9 Å². The van der Waals surface area contributed by atoms with Crippen molar-refractivity contribution < 1.29 is 4.74 Å². The van der Waals surface area contributed by atoms with Gasteiger partial charge in [0, 0.05) is 17.1 Å². The first-order chi connectivity index (χ1) is 8.56. The lowest BCUT2D eigenvalue weighted by atomic mass is 10.1. The average Bonchev–Trinajstić information content (AvgIpc) is 3.12. The van der Waals surface area contributed by atoms with Crippen molar-refractivity contribution in [3.63, 3.8) is 0 Å². The SMILES string of the molecule is Cc1cc(OC(CNC2CC2)C(C)C)ccc1Br. The molecule has 100 valence electrons. The van der Waals surface area contributed by atoms with Crippen molar-refractivity contribution in [2.45, 2.75) is 45.8 Å². The maximum atomic E-state index is 6.11. The Morgan fingerprint density at radius 3 is 2.67 bits per heavy atom. The Hall–Kier alpha value is -0.540. The fourth-order valence-corrected chi connectivity index (χ4v) is 2.10. The van der Waals surface area contributed by atoms with E-state index in [1.165, 1.54) is 18.4 Å². The van der Waals surface area contributed by atoms with Gasteiger partial charge in [-0.3, -0.25) is 0 Å². The van der Waals surface area contributed by atoms with Crippen LogP contribution in [0.15, 0.2) is 22.7 Å². The van der Waals surface area contributed by atoms with Crippen LogP contribution in [0.2, 0.25) is 0 Å². The van der Waals surface area contributed by atoms with E-state index in [2.05, 4.69) is 54.2 Å². The fourth-order valence-electron chi connectivity index (χ4n) is 1.85. The van der Waals surface area contributed by atoms with Crippen LogP contribution in [0.1, 0.15) is 32.3 Å². The monoisotopic (exact) mass is 311 g/mol. The zero-order valence-corrected chi connectivity index (χ0v) is 13.0. The van der Waals surface area contributed by atoms with Crippen LogP contribution in [0, 0.1) is 12.8 Å². The van der Waals surface area contributed by atoms with Crippen LogP contribution < -0.4 is 10.1 Å². The third-order valence-electron chi connectivity index (χ3n) is 3.35. The third kappa shape index (κ3) is 3.99. The summed E-state index contributed by atoms with van der Waals surface area (Å²) in [6.07, 6.45) is 2.89. The smallest absolute Gasteiger partial charge is 0.120 e. The number of halogens is 1. The van der Waals surface area contributed by atoms with Crippen LogP contribution in [0.25, 0.3) is 0 Å². The summed E-state index contributed by atoms with van der Waals surface area (Å²) in [6, 6.07) is 6.91. The minimum Gasteiger partial charge on any atom is -0.489 e. The molecule has 0 aliphatic heterocycles. The van der Waals surface area contributed by atoms with Gasteiger partial charge in [0.25, 0.3) is 0 Å². The molecule has 1 aromatic rings. The standard InChI is InChI=1S/C15H22BrNO/c1-10(2)15(9-17-12-4-5-12)18-13-6-7-14(16)11(3)8-13/h6-8,10,12,15,17H,4-5,9H2,1-3H3. The Bertz CT molecular complexity index is 401. The first kappa shape index (κ1) is 13.9.